The zero-order chi connectivity index (χ0) is 14.9. The largest absolute Gasteiger partial charge is 0.667 e. The van der Waals surface area contributed by atoms with Crippen molar-refractivity contribution in [3.05, 3.63) is 30.3 Å². The van der Waals surface area contributed by atoms with E-state index in [0.717, 1.165) is 51.9 Å². The van der Waals surface area contributed by atoms with Crippen LogP contribution in [-0.4, -0.2) is 48.5 Å². The summed E-state index contributed by atoms with van der Waals surface area (Å²) in [7, 11) is 0. The molecule has 0 spiro atoms. The van der Waals surface area contributed by atoms with E-state index in [9.17, 15) is 9.59 Å². The summed E-state index contributed by atoms with van der Waals surface area (Å²) in [5, 5.41) is 0. The van der Waals surface area contributed by atoms with E-state index in [1.165, 1.54) is 0 Å². The molecule has 0 N–H and O–H groups in total. The number of hydrogen-bond acceptors (Lipinski definition) is 3. The Morgan fingerprint density at radius 1 is 0.952 bits per heavy atom. The van der Waals surface area contributed by atoms with Crippen molar-refractivity contribution in [3.63, 3.8) is 0 Å². The van der Waals surface area contributed by atoms with Crippen molar-refractivity contribution in [2.24, 2.45) is 0 Å². The number of carbonyl (C=O) groups is 1. The Hall–Kier alpha value is -2.13. The number of amides is 2. The molecular weight excluding hydrogens is 268 g/mol. The first kappa shape index (κ1) is 15.3. The molecule has 2 aliphatic rings. The molecule has 0 unspecified atom stereocenters. The molecule has 2 saturated heterocycles. The van der Waals surface area contributed by atoms with Crippen LogP contribution in [0.15, 0.2) is 30.3 Å². The highest BCUT2D eigenvalue weighted by Crippen LogP contribution is 2.13. The summed E-state index contributed by atoms with van der Waals surface area (Å²) in [5.74, 6) is 0.615. The van der Waals surface area contributed by atoms with Crippen LogP contribution in [0.4, 0.5) is 4.79 Å². The van der Waals surface area contributed by atoms with E-state index in [1.807, 2.05) is 24.6 Å². The van der Waals surface area contributed by atoms with Crippen LogP contribution in [-0.2, 0) is 4.79 Å². The molecule has 1 aromatic carbocycles. The molecular formula is C16H21N2O3+. The van der Waals surface area contributed by atoms with E-state index in [4.69, 9.17) is 4.74 Å². The number of para-hydroxylation sites is 1. The minimum absolute atomic E-state index is 0.228. The second-order valence-electron chi connectivity index (χ2n) is 5.16. The molecule has 1 aromatic rings. The molecule has 0 aliphatic carbocycles. The van der Waals surface area contributed by atoms with Crippen molar-refractivity contribution in [1.29, 1.82) is 0 Å². The summed E-state index contributed by atoms with van der Waals surface area (Å²) in [6, 6.07) is 9.17. The summed E-state index contributed by atoms with van der Waals surface area (Å²) in [6.07, 6.45) is 6.12. The van der Waals surface area contributed by atoms with Crippen LogP contribution in [0.25, 0.3) is 0 Å². The van der Waals surface area contributed by atoms with Crippen molar-refractivity contribution in [2.45, 2.75) is 25.7 Å². The summed E-state index contributed by atoms with van der Waals surface area (Å²) < 4.78 is 5.19. The van der Waals surface area contributed by atoms with E-state index in [1.54, 1.807) is 21.9 Å². The maximum absolute atomic E-state index is 11.5. The van der Waals surface area contributed by atoms with Crippen molar-refractivity contribution >= 4 is 12.5 Å². The number of rotatable bonds is 2. The first-order chi connectivity index (χ1) is 10.3. The maximum atomic E-state index is 11.5. The monoisotopic (exact) mass is 289 g/mol. The normalized spacial score (nSPS) is 17.0. The Balaban J connectivity index is 0.000000194. The number of likely N-dealkylation sites (tertiary alicyclic amines) is 2. The number of ether oxygens (including phenoxy) is 1. The summed E-state index contributed by atoms with van der Waals surface area (Å²) in [4.78, 5) is 24.8. The van der Waals surface area contributed by atoms with Gasteiger partial charge in [-0.1, -0.05) is 18.2 Å². The second-order valence-corrected chi connectivity index (χ2v) is 5.16. The minimum Gasteiger partial charge on any atom is -0.410 e. The van der Waals surface area contributed by atoms with Gasteiger partial charge in [-0.2, -0.15) is 0 Å². The van der Waals surface area contributed by atoms with Crippen LogP contribution in [0.1, 0.15) is 25.7 Å². The van der Waals surface area contributed by atoms with Gasteiger partial charge in [0.2, 0.25) is 0 Å². The fourth-order valence-electron chi connectivity index (χ4n) is 2.36. The lowest BCUT2D eigenvalue weighted by Crippen LogP contribution is -2.30. The molecule has 112 valence electrons. The van der Waals surface area contributed by atoms with Crippen molar-refractivity contribution in [1.82, 2.24) is 9.80 Å². The number of carbonyl (C=O) groups excluding carboxylic acids is 2. The molecule has 0 radical (unpaired) electrons. The molecule has 2 heterocycles. The zero-order valence-corrected chi connectivity index (χ0v) is 12.2. The Morgan fingerprint density at radius 3 is 2.05 bits per heavy atom. The van der Waals surface area contributed by atoms with Crippen LogP contribution >= 0.6 is 0 Å². The van der Waals surface area contributed by atoms with Gasteiger partial charge in [-0.15, -0.1) is 4.90 Å². The Labute approximate surface area is 125 Å². The van der Waals surface area contributed by atoms with Crippen LogP contribution in [0.2, 0.25) is 0 Å². The van der Waals surface area contributed by atoms with Gasteiger partial charge in [-0.05, 0) is 37.8 Å². The summed E-state index contributed by atoms with van der Waals surface area (Å²) in [6.45, 7) is 3.49. The fourth-order valence-corrected chi connectivity index (χ4v) is 2.36. The van der Waals surface area contributed by atoms with E-state index < -0.39 is 0 Å². The smallest absolute Gasteiger partial charge is 0.410 e. The Morgan fingerprint density at radius 2 is 1.52 bits per heavy atom. The van der Waals surface area contributed by atoms with E-state index >= 15 is 0 Å². The third-order valence-corrected chi connectivity index (χ3v) is 3.55. The van der Waals surface area contributed by atoms with Crippen LogP contribution in [0.5, 0.6) is 5.75 Å². The Bertz CT molecular complexity index is 438. The quantitative estimate of drug-likeness (QED) is 0.786. The maximum Gasteiger partial charge on any atom is 0.667 e. The van der Waals surface area contributed by atoms with Gasteiger partial charge in [0.1, 0.15) is 5.75 Å². The highest BCUT2D eigenvalue weighted by atomic mass is 16.6. The number of nitrogens with zero attached hydrogens (tertiary/aromatic N) is 2. The van der Waals surface area contributed by atoms with Crippen LogP contribution in [0, 0.1) is 0 Å². The molecule has 0 atom stereocenters. The summed E-state index contributed by atoms with van der Waals surface area (Å²) >= 11 is 0. The molecule has 2 amide bonds. The van der Waals surface area contributed by atoms with E-state index in [2.05, 4.69) is 0 Å². The van der Waals surface area contributed by atoms with E-state index in [0.29, 0.717) is 5.75 Å². The summed E-state index contributed by atoms with van der Waals surface area (Å²) in [5.41, 5.74) is 0. The topological polar surface area (TPSA) is 49.9 Å². The van der Waals surface area contributed by atoms with Crippen LogP contribution < -0.4 is 4.74 Å². The first-order valence-electron chi connectivity index (χ1n) is 7.44. The van der Waals surface area contributed by atoms with E-state index in [-0.39, 0.29) is 6.09 Å². The lowest BCUT2D eigenvalue weighted by atomic mass is 10.3. The molecule has 2 aliphatic heterocycles. The molecule has 0 bridgehead atoms. The third-order valence-electron chi connectivity index (χ3n) is 3.55. The average molecular weight is 289 g/mol. The highest BCUT2D eigenvalue weighted by molar-refractivity contribution is 5.70. The molecule has 5 heteroatoms. The fraction of sp³-hybridized carbons (Fsp3) is 0.500. The predicted octanol–water partition coefficient (Wildman–Crippen LogP) is 2.43. The van der Waals surface area contributed by atoms with Gasteiger partial charge < -0.3 is 9.64 Å². The first-order valence-corrected chi connectivity index (χ1v) is 7.44. The molecule has 0 saturated carbocycles. The molecule has 3 rings (SSSR count). The SMILES string of the molecule is O=C(Oc1ccccc1)N1CCCC1.O=[C+]N1CCCC1. The lowest BCUT2D eigenvalue weighted by molar-refractivity contribution is 0.163. The minimum atomic E-state index is -0.228. The van der Waals surface area contributed by atoms with Crippen molar-refractivity contribution in [2.75, 3.05) is 26.2 Å². The molecule has 21 heavy (non-hydrogen) atoms. The van der Waals surface area contributed by atoms with Gasteiger partial charge in [-0.3, -0.25) is 0 Å². The second kappa shape index (κ2) is 8.22. The lowest BCUT2D eigenvalue weighted by Gasteiger charge is -2.14. The third kappa shape index (κ3) is 5.04. The molecule has 0 aromatic heterocycles. The standard InChI is InChI=1S/C11H13NO2.C5H8NO/c13-11(12-8-4-5-9-12)14-10-6-2-1-3-7-10;7-5-6-3-1-2-4-6/h1-3,6-7H,4-5,8-9H2;1-4H2/q;+1. The van der Waals surface area contributed by atoms with Gasteiger partial charge in [0, 0.05) is 13.1 Å². The number of benzene rings is 1. The van der Waals surface area contributed by atoms with Crippen molar-refractivity contribution in [3.8, 4) is 5.75 Å². The highest BCUT2D eigenvalue weighted by Gasteiger charge is 2.20. The van der Waals surface area contributed by atoms with Gasteiger partial charge >= 0.3 is 12.5 Å². The van der Waals surface area contributed by atoms with Crippen molar-refractivity contribution < 1.29 is 14.3 Å². The molecule has 5 nitrogen and oxygen atoms in total. The molecule has 2 fully saturated rings. The van der Waals surface area contributed by atoms with Gasteiger partial charge in [0.25, 0.3) is 0 Å². The predicted molar refractivity (Wildman–Crippen MR) is 79.8 cm³/mol. The average Bonchev–Trinajstić information content (AvgIpc) is 3.22. The number of hydrogen-bond donors (Lipinski definition) is 0. The van der Waals surface area contributed by atoms with Gasteiger partial charge in [0.05, 0.1) is 17.9 Å². The van der Waals surface area contributed by atoms with Gasteiger partial charge in [-0.25, -0.2) is 4.79 Å². The zero-order valence-electron chi connectivity index (χ0n) is 12.2. The Kier molecular flexibility index (Phi) is 5.98. The van der Waals surface area contributed by atoms with Crippen LogP contribution in [0.3, 0.4) is 0 Å². The van der Waals surface area contributed by atoms with Gasteiger partial charge in [0.15, 0.2) is 0 Å².